The molecule has 0 aromatic heterocycles. The van der Waals surface area contributed by atoms with Crippen molar-refractivity contribution in [3.63, 3.8) is 0 Å². The molecule has 0 aliphatic heterocycles. The number of carbonyl (C=O) groups is 2. The van der Waals surface area contributed by atoms with E-state index in [1.54, 1.807) is 21.6 Å². The Labute approximate surface area is 332 Å². The van der Waals surface area contributed by atoms with Gasteiger partial charge in [0.15, 0.2) is 0 Å². The van der Waals surface area contributed by atoms with Crippen LogP contribution in [0.4, 0.5) is 0 Å². The summed E-state index contributed by atoms with van der Waals surface area (Å²) >= 11 is 5.76. The summed E-state index contributed by atoms with van der Waals surface area (Å²) in [5.74, 6) is 1.92. The summed E-state index contributed by atoms with van der Waals surface area (Å²) in [5, 5.41) is 0. The van der Waals surface area contributed by atoms with Crippen molar-refractivity contribution in [2.75, 3.05) is 76.5 Å². The van der Waals surface area contributed by atoms with Gasteiger partial charge in [-0.05, 0) is 58.8 Å². The SMILES string of the molecule is CCCCCCCCCCN(CCCCCCCCCC(=O)OCCSSCCOC(=O)CCCCCCCCCN(C)CCCl)CCP(=O)(O)O. The molecule has 52 heavy (non-hydrogen) atoms. The number of halogens is 1. The Kier molecular flexibility index (Phi) is 39.2. The third-order valence-corrected chi connectivity index (χ3v) is 12.5. The second kappa shape index (κ2) is 39.2. The molecule has 0 aromatic carbocycles. The van der Waals surface area contributed by atoms with Crippen molar-refractivity contribution < 1.29 is 33.4 Å². The maximum Gasteiger partial charge on any atom is 0.326 e. The van der Waals surface area contributed by atoms with Crippen LogP contribution in [-0.2, 0) is 23.6 Å². The molecule has 13 heteroatoms. The molecule has 0 aliphatic carbocycles. The topological polar surface area (TPSA) is 117 Å². The zero-order chi connectivity index (χ0) is 38.4. The molecule has 0 heterocycles. The minimum absolute atomic E-state index is 0.0558. The highest BCUT2D eigenvalue weighted by Gasteiger charge is 2.15. The minimum atomic E-state index is -3.97. The summed E-state index contributed by atoms with van der Waals surface area (Å²) in [5.41, 5.74) is 0. The van der Waals surface area contributed by atoms with E-state index in [1.165, 1.54) is 77.0 Å². The Bertz CT molecular complexity index is 859. The molecule has 0 spiro atoms. The van der Waals surface area contributed by atoms with E-state index in [1.807, 2.05) is 0 Å². The van der Waals surface area contributed by atoms with Crippen LogP contribution in [0, 0.1) is 0 Å². The van der Waals surface area contributed by atoms with Gasteiger partial charge in [0, 0.05) is 43.3 Å². The van der Waals surface area contributed by atoms with Gasteiger partial charge >= 0.3 is 19.5 Å². The second-order valence-corrected chi connectivity index (χ2v) is 19.1. The van der Waals surface area contributed by atoms with E-state index in [4.69, 9.17) is 21.1 Å². The summed E-state index contributed by atoms with van der Waals surface area (Å²) in [6.07, 6.45) is 26.6. The maximum atomic E-state index is 12.0. The Hall–Kier alpha value is -0.000000000000000153. The largest absolute Gasteiger partial charge is 0.465 e. The highest BCUT2D eigenvalue weighted by molar-refractivity contribution is 8.76. The number of rotatable bonds is 41. The maximum absolute atomic E-state index is 12.0. The van der Waals surface area contributed by atoms with Gasteiger partial charge in [0.1, 0.15) is 13.2 Å². The summed E-state index contributed by atoms with van der Waals surface area (Å²) in [4.78, 5) is 47.2. The van der Waals surface area contributed by atoms with E-state index in [0.717, 1.165) is 102 Å². The molecule has 0 atom stereocenters. The van der Waals surface area contributed by atoms with E-state index in [2.05, 4.69) is 23.8 Å². The van der Waals surface area contributed by atoms with Gasteiger partial charge in [-0.2, -0.15) is 0 Å². The number of hydrogen-bond donors (Lipinski definition) is 2. The number of ether oxygens (including phenoxy) is 2. The fourth-order valence-corrected chi connectivity index (χ4v) is 8.48. The van der Waals surface area contributed by atoms with Gasteiger partial charge in [0.25, 0.3) is 0 Å². The van der Waals surface area contributed by atoms with Crippen molar-refractivity contribution in [3.05, 3.63) is 0 Å². The zero-order valence-corrected chi connectivity index (χ0v) is 36.5. The molecule has 0 unspecified atom stereocenters. The predicted octanol–water partition coefficient (Wildman–Crippen LogP) is 10.5. The smallest absolute Gasteiger partial charge is 0.326 e. The summed E-state index contributed by atoms with van der Waals surface area (Å²) in [6.45, 7) is 7.44. The van der Waals surface area contributed by atoms with Crippen LogP contribution in [0.15, 0.2) is 0 Å². The van der Waals surface area contributed by atoms with Crippen LogP contribution >= 0.6 is 40.8 Å². The molecule has 0 saturated heterocycles. The lowest BCUT2D eigenvalue weighted by Crippen LogP contribution is -2.29. The van der Waals surface area contributed by atoms with Crippen LogP contribution in [0.5, 0.6) is 0 Å². The van der Waals surface area contributed by atoms with E-state index in [-0.39, 0.29) is 18.1 Å². The van der Waals surface area contributed by atoms with Gasteiger partial charge < -0.3 is 29.1 Å². The summed E-state index contributed by atoms with van der Waals surface area (Å²) < 4.78 is 22.1. The Morgan fingerprint density at radius 1 is 0.577 bits per heavy atom. The molecule has 0 aliphatic rings. The average molecular weight is 818 g/mol. The lowest BCUT2D eigenvalue weighted by Gasteiger charge is -2.22. The van der Waals surface area contributed by atoms with E-state index in [0.29, 0.717) is 38.5 Å². The summed E-state index contributed by atoms with van der Waals surface area (Å²) in [7, 11) is 1.43. The fraction of sp³-hybridized carbons (Fsp3) is 0.949. The van der Waals surface area contributed by atoms with E-state index < -0.39 is 7.60 Å². The molecule has 0 fully saturated rings. The van der Waals surface area contributed by atoms with Crippen molar-refractivity contribution in [1.82, 2.24) is 9.80 Å². The van der Waals surface area contributed by atoms with Crippen LogP contribution in [-0.4, -0.2) is 108 Å². The van der Waals surface area contributed by atoms with Gasteiger partial charge in [-0.15, -0.1) is 11.6 Å². The van der Waals surface area contributed by atoms with Crippen LogP contribution in [0.3, 0.4) is 0 Å². The molecule has 0 amide bonds. The van der Waals surface area contributed by atoms with Crippen LogP contribution in [0.2, 0.25) is 0 Å². The standard InChI is InChI=1S/C39H78ClN2O7PS2/c1-3-4-5-6-7-13-18-23-29-42(32-35-50(45,46)47)30-24-19-14-9-11-16-21-26-39(44)49-34-37-52-51-36-33-48-38(43)25-20-15-10-8-12-17-22-28-41(2)31-27-40/h3-37H2,1-2H3,(H2,45,46,47). The lowest BCUT2D eigenvalue weighted by atomic mass is 10.1. The number of unbranched alkanes of at least 4 members (excludes halogenated alkanes) is 19. The highest BCUT2D eigenvalue weighted by Crippen LogP contribution is 2.33. The fourth-order valence-electron chi connectivity index (χ4n) is 6.00. The molecular formula is C39H78ClN2O7PS2. The van der Waals surface area contributed by atoms with Crippen LogP contribution in [0.1, 0.15) is 161 Å². The van der Waals surface area contributed by atoms with Crippen molar-refractivity contribution in [2.24, 2.45) is 0 Å². The van der Waals surface area contributed by atoms with Gasteiger partial charge in [0.05, 0.1) is 6.16 Å². The van der Waals surface area contributed by atoms with Gasteiger partial charge in [-0.3, -0.25) is 14.2 Å². The predicted molar refractivity (Wildman–Crippen MR) is 225 cm³/mol. The quantitative estimate of drug-likeness (QED) is 0.0202. The lowest BCUT2D eigenvalue weighted by molar-refractivity contribution is -0.144. The zero-order valence-electron chi connectivity index (χ0n) is 33.2. The van der Waals surface area contributed by atoms with E-state index >= 15 is 0 Å². The molecule has 0 bridgehead atoms. The number of nitrogens with zero attached hydrogens (tertiary/aromatic N) is 2. The molecule has 2 N–H and O–H groups in total. The molecule has 0 saturated carbocycles. The molecule has 0 radical (unpaired) electrons. The third-order valence-electron chi connectivity index (χ3n) is 9.22. The molecular weight excluding hydrogens is 739 g/mol. The first kappa shape index (κ1) is 52.0. The average Bonchev–Trinajstić information content (AvgIpc) is 3.10. The van der Waals surface area contributed by atoms with Crippen LogP contribution < -0.4 is 0 Å². The van der Waals surface area contributed by atoms with Gasteiger partial charge in [0.2, 0.25) is 0 Å². The molecule has 0 aromatic rings. The first-order valence-electron chi connectivity index (χ1n) is 20.7. The van der Waals surface area contributed by atoms with Crippen LogP contribution in [0.25, 0.3) is 0 Å². The van der Waals surface area contributed by atoms with Crippen molar-refractivity contribution in [3.8, 4) is 0 Å². The minimum Gasteiger partial charge on any atom is -0.465 e. The first-order valence-corrected chi connectivity index (χ1v) is 25.6. The molecule has 310 valence electrons. The number of hydrogen-bond acceptors (Lipinski definition) is 9. The van der Waals surface area contributed by atoms with Crippen molar-refractivity contribution in [1.29, 1.82) is 0 Å². The third kappa shape index (κ3) is 41.2. The van der Waals surface area contributed by atoms with Gasteiger partial charge in [-0.25, -0.2) is 0 Å². The first-order chi connectivity index (χ1) is 25.2. The second-order valence-electron chi connectivity index (χ2n) is 14.2. The summed E-state index contributed by atoms with van der Waals surface area (Å²) in [6, 6.07) is 0. The monoisotopic (exact) mass is 816 g/mol. The number of carbonyl (C=O) groups excluding carboxylic acids is 2. The normalized spacial score (nSPS) is 11.9. The van der Waals surface area contributed by atoms with E-state index in [9.17, 15) is 23.9 Å². The molecule has 9 nitrogen and oxygen atoms in total. The Balaban J connectivity index is 3.60. The van der Waals surface area contributed by atoms with Gasteiger partial charge in [-0.1, -0.05) is 138 Å². The molecule has 0 rings (SSSR count). The highest BCUT2D eigenvalue weighted by atomic mass is 35.5. The van der Waals surface area contributed by atoms with Crippen molar-refractivity contribution >= 4 is 52.7 Å². The Morgan fingerprint density at radius 3 is 1.37 bits per heavy atom. The number of esters is 2. The Morgan fingerprint density at radius 2 is 0.962 bits per heavy atom. The van der Waals surface area contributed by atoms with Crippen molar-refractivity contribution in [2.45, 2.75) is 161 Å². The number of alkyl halides is 1.